The Morgan fingerprint density at radius 1 is 1.17 bits per heavy atom. The van der Waals surface area contributed by atoms with Gasteiger partial charge in [-0.15, -0.1) is 0 Å². The number of hydrogen-bond acceptors (Lipinski definition) is 4. The Balaban J connectivity index is 0.000000641. The monoisotopic (exact) mass is 507 g/mol. The lowest BCUT2D eigenvalue weighted by Crippen LogP contribution is -2.25. The minimum absolute atomic E-state index is 0.677. The number of carbonyl (C=O) groups excluding carboxylic acids is 1. The van der Waals surface area contributed by atoms with Crippen molar-refractivity contribution in [2.24, 2.45) is 0 Å². The number of hydrogen-bond donors (Lipinski definition) is 2. The molecule has 1 heterocycles. The summed E-state index contributed by atoms with van der Waals surface area (Å²) in [6.45, 7) is 6.67. The van der Waals surface area contributed by atoms with Crippen molar-refractivity contribution in [1.29, 1.82) is 0 Å². The molecule has 3 aromatic rings. The van der Waals surface area contributed by atoms with Crippen molar-refractivity contribution in [2.45, 2.75) is 39.3 Å². The van der Waals surface area contributed by atoms with Crippen LogP contribution < -0.4 is 10.1 Å². The summed E-state index contributed by atoms with van der Waals surface area (Å²) in [4.78, 5) is 15.2. The standard InChI is InChI=1S/C24H31N3OS.C2HF3O/c1-4-20-23(26-18(2)29)12-7-13-24(20)28-16-15-27(3)14-8-9-19-17-25-22-11-6-5-10-21(19)22;3-2(4,5)1-6/h5-7,10-13,17,25H,4,8-9,14-16H2,1-3H3,(H,26,29);1H. The molecule has 0 amide bonds. The first-order valence-electron chi connectivity index (χ1n) is 11.4. The van der Waals surface area contributed by atoms with E-state index < -0.39 is 12.5 Å². The number of alkyl halides is 3. The van der Waals surface area contributed by atoms with E-state index in [-0.39, 0.29) is 0 Å². The number of carbonyl (C=O) groups is 1. The highest BCUT2D eigenvalue weighted by Gasteiger charge is 2.24. The third-order valence-electron chi connectivity index (χ3n) is 5.32. The number of para-hydroxylation sites is 1. The van der Waals surface area contributed by atoms with Crippen molar-refractivity contribution >= 4 is 40.1 Å². The van der Waals surface area contributed by atoms with Crippen LogP contribution in [0.2, 0.25) is 0 Å². The highest BCUT2D eigenvalue weighted by atomic mass is 32.1. The lowest BCUT2D eigenvalue weighted by Gasteiger charge is -2.19. The smallest absolute Gasteiger partial charge is 0.446 e. The third-order valence-corrected chi connectivity index (χ3v) is 5.42. The molecule has 0 aliphatic rings. The zero-order chi connectivity index (χ0) is 25.8. The summed E-state index contributed by atoms with van der Waals surface area (Å²) in [6.07, 6.45) is -0.441. The number of ether oxygens (including phenoxy) is 1. The Morgan fingerprint density at radius 2 is 1.89 bits per heavy atom. The highest BCUT2D eigenvalue weighted by molar-refractivity contribution is 7.80. The number of aryl methyl sites for hydroxylation is 1. The van der Waals surface area contributed by atoms with Crippen molar-refractivity contribution in [1.82, 2.24) is 9.88 Å². The summed E-state index contributed by atoms with van der Waals surface area (Å²) in [5, 5.41) is 4.59. The van der Waals surface area contributed by atoms with Crippen LogP contribution in [-0.4, -0.2) is 54.1 Å². The molecule has 0 aliphatic heterocycles. The van der Waals surface area contributed by atoms with Gasteiger partial charge in [0.2, 0.25) is 6.29 Å². The molecule has 190 valence electrons. The average Bonchev–Trinajstić information content (AvgIpc) is 3.22. The fourth-order valence-corrected chi connectivity index (χ4v) is 3.78. The molecule has 0 saturated heterocycles. The number of fused-ring (bicyclic) bond motifs is 1. The molecule has 0 bridgehead atoms. The SMILES string of the molecule is CCc1c(NC(C)=S)cccc1OCCN(C)CCCc1c[nH]c2ccccc12.O=CC(F)(F)F. The van der Waals surface area contributed by atoms with Crippen LogP contribution in [0.1, 0.15) is 31.4 Å². The third kappa shape index (κ3) is 9.70. The molecule has 0 aliphatic carbocycles. The number of benzene rings is 2. The van der Waals surface area contributed by atoms with Gasteiger partial charge >= 0.3 is 6.18 Å². The summed E-state index contributed by atoms with van der Waals surface area (Å²) >= 11 is 5.19. The number of halogens is 3. The van der Waals surface area contributed by atoms with Gasteiger partial charge in [-0.3, -0.25) is 4.79 Å². The first-order valence-corrected chi connectivity index (χ1v) is 11.8. The predicted molar refractivity (Wildman–Crippen MR) is 139 cm³/mol. The number of rotatable bonds is 10. The maximum atomic E-state index is 10.4. The van der Waals surface area contributed by atoms with Crippen LogP contribution in [0.25, 0.3) is 10.9 Å². The van der Waals surface area contributed by atoms with Crippen LogP contribution in [-0.2, 0) is 17.6 Å². The summed E-state index contributed by atoms with van der Waals surface area (Å²) < 4.78 is 37.4. The van der Waals surface area contributed by atoms with Crippen molar-refractivity contribution < 1.29 is 22.7 Å². The zero-order valence-corrected chi connectivity index (χ0v) is 21.1. The van der Waals surface area contributed by atoms with Crippen molar-refractivity contribution in [2.75, 3.05) is 32.1 Å². The highest BCUT2D eigenvalue weighted by Crippen LogP contribution is 2.27. The minimum atomic E-state index is -4.64. The topological polar surface area (TPSA) is 57.4 Å². The summed E-state index contributed by atoms with van der Waals surface area (Å²) in [5.74, 6) is 0.945. The van der Waals surface area contributed by atoms with Gasteiger partial charge in [0.05, 0.1) is 4.99 Å². The van der Waals surface area contributed by atoms with Crippen LogP contribution in [0.5, 0.6) is 5.75 Å². The Morgan fingerprint density at radius 3 is 2.54 bits per heavy atom. The number of likely N-dealkylation sites (N-methyl/N-ethyl adjacent to an activating group) is 1. The van der Waals surface area contributed by atoms with E-state index in [0.717, 1.165) is 48.8 Å². The number of aromatic nitrogens is 1. The van der Waals surface area contributed by atoms with E-state index in [9.17, 15) is 13.2 Å². The predicted octanol–water partition coefficient (Wildman–Crippen LogP) is 6.18. The molecule has 35 heavy (non-hydrogen) atoms. The molecule has 9 heteroatoms. The fraction of sp³-hybridized carbons (Fsp3) is 0.385. The first kappa shape index (κ1) is 28.3. The molecule has 0 fully saturated rings. The maximum absolute atomic E-state index is 10.4. The van der Waals surface area contributed by atoms with Gasteiger partial charge < -0.3 is 19.9 Å². The number of nitrogens with one attached hydrogen (secondary N) is 2. The quantitative estimate of drug-likeness (QED) is 0.254. The molecule has 5 nitrogen and oxygen atoms in total. The van der Waals surface area contributed by atoms with Gasteiger partial charge in [0.1, 0.15) is 12.4 Å². The van der Waals surface area contributed by atoms with Crippen molar-refractivity contribution in [3.63, 3.8) is 0 Å². The van der Waals surface area contributed by atoms with Gasteiger partial charge in [-0.05, 0) is 63.5 Å². The van der Waals surface area contributed by atoms with E-state index in [1.165, 1.54) is 22.0 Å². The number of H-pyrrole nitrogens is 1. The average molecular weight is 508 g/mol. The van der Waals surface area contributed by atoms with E-state index in [4.69, 9.17) is 21.7 Å². The first-order chi connectivity index (χ1) is 16.6. The van der Waals surface area contributed by atoms with Crippen molar-refractivity contribution in [3.8, 4) is 5.75 Å². The Hall–Kier alpha value is -2.91. The molecule has 0 spiro atoms. The van der Waals surface area contributed by atoms with Gasteiger partial charge in [0, 0.05) is 34.9 Å². The van der Waals surface area contributed by atoms with Crippen LogP contribution in [0, 0.1) is 0 Å². The molecule has 0 unspecified atom stereocenters. The number of aromatic amines is 1. The van der Waals surface area contributed by atoms with E-state index in [2.05, 4.69) is 65.7 Å². The molecule has 0 atom stereocenters. The van der Waals surface area contributed by atoms with Crippen LogP contribution in [0.15, 0.2) is 48.7 Å². The number of anilines is 1. The largest absolute Gasteiger partial charge is 0.492 e. The molecule has 0 radical (unpaired) electrons. The molecule has 2 aromatic carbocycles. The van der Waals surface area contributed by atoms with E-state index >= 15 is 0 Å². The Bertz CT molecular complexity index is 1100. The summed E-state index contributed by atoms with van der Waals surface area (Å²) in [6, 6.07) is 14.6. The molecular weight excluding hydrogens is 475 g/mol. The van der Waals surface area contributed by atoms with E-state index in [1.807, 2.05) is 19.1 Å². The van der Waals surface area contributed by atoms with Crippen LogP contribution in [0.3, 0.4) is 0 Å². The van der Waals surface area contributed by atoms with Crippen LogP contribution >= 0.6 is 12.2 Å². The number of aldehydes is 1. The van der Waals surface area contributed by atoms with Gasteiger partial charge in [-0.1, -0.05) is 43.4 Å². The van der Waals surface area contributed by atoms with Gasteiger partial charge in [-0.2, -0.15) is 13.2 Å². The van der Waals surface area contributed by atoms with E-state index in [1.54, 1.807) is 0 Å². The maximum Gasteiger partial charge on any atom is 0.446 e. The lowest BCUT2D eigenvalue weighted by molar-refractivity contribution is -0.156. The second-order valence-electron chi connectivity index (χ2n) is 8.09. The Labute approximate surface area is 209 Å². The van der Waals surface area contributed by atoms with E-state index in [0.29, 0.717) is 6.61 Å². The second kappa shape index (κ2) is 13.8. The molecule has 2 N–H and O–H groups in total. The summed E-state index contributed by atoms with van der Waals surface area (Å²) in [5.41, 5.74) is 4.84. The zero-order valence-electron chi connectivity index (χ0n) is 20.2. The minimum Gasteiger partial charge on any atom is -0.492 e. The fourth-order valence-electron chi connectivity index (χ4n) is 3.67. The molecule has 0 saturated carbocycles. The molecule has 3 rings (SSSR count). The van der Waals surface area contributed by atoms with Crippen molar-refractivity contribution in [3.05, 3.63) is 59.8 Å². The summed E-state index contributed by atoms with van der Waals surface area (Å²) in [7, 11) is 2.16. The van der Waals surface area contributed by atoms with Gasteiger partial charge in [0.25, 0.3) is 0 Å². The van der Waals surface area contributed by atoms with Gasteiger partial charge in [-0.25, -0.2) is 0 Å². The normalized spacial score (nSPS) is 11.2. The Kier molecular flexibility index (Phi) is 11.2. The number of thiocarbonyl (C=S) groups is 1. The number of nitrogens with zero attached hydrogens (tertiary/aromatic N) is 1. The van der Waals surface area contributed by atoms with Crippen LogP contribution in [0.4, 0.5) is 18.9 Å². The lowest BCUT2D eigenvalue weighted by atomic mass is 10.1. The molecular formula is C26H32F3N3O2S. The molecule has 1 aromatic heterocycles. The van der Waals surface area contributed by atoms with Gasteiger partial charge in [0.15, 0.2) is 0 Å². The second-order valence-corrected chi connectivity index (χ2v) is 8.70.